The zero-order valence-electron chi connectivity index (χ0n) is 18.5. The number of hydrogen-bond acceptors (Lipinski definition) is 6. The minimum absolute atomic E-state index is 0.0292. The zero-order valence-corrected chi connectivity index (χ0v) is 18.5. The van der Waals surface area contributed by atoms with Crippen molar-refractivity contribution in [1.82, 2.24) is 0 Å². The van der Waals surface area contributed by atoms with Crippen molar-refractivity contribution in [2.75, 3.05) is 6.61 Å². The Balaban J connectivity index is 1.74. The normalized spacial score (nSPS) is 10.9. The molecule has 32 heavy (non-hydrogen) atoms. The van der Waals surface area contributed by atoms with E-state index in [1.54, 1.807) is 42.5 Å². The standard InChI is InChI=1S/C26H30O6/c1-2-3-4-5-6-7-8-12-18-30-23-22-20(27)16-13-17-21(22)31-26(29)24(23)32-25(28)19-14-10-9-11-15-19/h9-11,13-17,27H,2-8,12,18H2,1H3. The minimum atomic E-state index is -0.835. The number of hydrogen-bond donors (Lipinski definition) is 1. The summed E-state index contributed by atoms with van der Waals surface area (Å²) in [5, 5.41) is 10.6. The summed E-state index contributed by atoms with van der Waals surface area (Å²) in [7, 11) is 0. The summed E-state index contributed by atoms with van der Waals surface area (Å²) in [6, 6.07) is 12.9. The number of fused-ring (bicyclic) bond motifs is 1. The quantitative estimate of drug-likeness (QED) is 0.205. The van der Waals surface area contributed by atoms with E-state index in [1.165, 1.54) is 38.2 Å². The number of esters is 1. The molecule has 3 aromatic rings. The Hall–Kier alpha value is -3.28. The van der Waals surface area contributed by atoms with E-state index in [-0.39, 0.29) is 28.2 Å². The number of rotatable bonds is 12. The van der Waals surface area contributed by atoms with Gasteiger partial charge in [0.1, 0.15) is 16.7 Å². The highest BCUT2D eigenvalue weighted by Crippen LogP contribution is 2.38. The first-order chi connectivity index (χ1) is 15.6. The van der Waals surface area contributed by atoms with Gasteiger partial charge in [-0.05, 0) is 30.7 Å². The Labute approximate surface area is 187 Å². The Kier molecular flexibility index (Phi) is 8.72. The molecule has 0 bridgehead atoms. The topological polar surface area (TPSA) is 86.0 Å². The summed E-state index contributed by atoms with van der Waals surface area (Å²) in [5.74, 6) is -1.15. The van der Waals surface area contributed by atoms with E-state index in [0.717, 1.165) is 19.3 Å². The number of phenols is 1. The van der Waals surface area contributed by atoms with Crippen molar-refractivity contribution >= 4 is 16.9 Å². The summed E-state index contributed by atoms with van der Waals surface area (Å²) in [4.78, 5) is 25.1. The maximum Gasteiger partial charge on any atom is 0.383 e. The minimum Gasteiger partial charge on any atom is -0.507 e. The molecule has 0 unspecified atom stereocenters. The number of carbonyl (C=O) groups is 1. The van der Waals surface area contributed by atoms with Gasteiger partial charge in [0.25, 0.3) is 5.75 Å². The maximum absolute atomic E-state index is 12.6. The monoisotopic (exact) mass is 438 g/mol. The van der Waals surface area contributed by atoms with Crippen molar-refractivity contribution in [2.24, 2.45) is 0 Å². The van der Waals surface area contributed by atoms with E-state index in [4.69, 9.17) is 13.9 Å². The molecule has 0 saturated carbocycles. The Morgan fingerprint density at radius 3 is 2.28 bits per heavy atom. The zero-order chi connectivity index (χ0) is 22.8. The van der Waals surface area contributed by atoms with E-state index in [1.807, 2.05) is 0 Å². The molecule has 0 saturated heterocycles. The van der Waals surface area contributed by atoms with Gasteiger partial charge >= 0.3 is 11.6 Å². The lowest BCUT2D eigenvalue weighted by Crippen LogP contribution is -2.16. The predicted molar refractivity (Wildman–Crippen MR) is 124 cm³/mol. The van der Waals surface area contributed by atoms with E-state index in [2.05, 4.69) is 6.92 Å². The van der Waals surface area contributed by atoms with Gasteiger partial charge in [-0.25, -0.2) is 9.59 Å². The van der Waals surface area contributed by atoms with Crippen LogP contribution in [0.15, 0.2) is 57.7 Å². The fourth-order valence-electron chi connectivity index (χ4n) is 3.55. The van der Waals surface area contributed by atoms with Gasteiger partial charge in [0, 0.05) is 0 Å². The second-order valence-electron chi connectivity index (χ2n) is 7.78. The maximum atomic E-state index is 12.6. The molecular weight excluding hydrogens is 408 g/mol. The van der Waals surface area contributed by atoms with E-state index >= 15 is 0 Å². The summed E-state index contributed by atoms with van der Waals surface area (Å²) in [6.07, 6.45) is 9.12. The average Bonchev–Trinajstić information content (AvgIpc) is 2.80. The van der Waals surface area contributed by atoms with Crippen LogP contribution in [0.25, 0.3) is 11.0 Å². The van der Waals surface area contributed by atoms with E-state index in [0.29, 0.717) is 12.2 Å². The molecule has 1 aromatic heterocycles. The molecule has 0 atom stereocenters. The van der Waals surface area contributed by atoms with Crippen molar-refractivity contribution in [3.8, 4) is 17.2 Å². The molecule has 0 aliphatic rings. The number of ether oxygens (including phenoxy) is 2. The summed E-state index contributed by atoms with van der Waals surface area (Å²) < 4.78 is 16.5. The molecule has 2 aromatic carbocycles. The number of phenolic OH excluding ortho intramolecular Hbond substituents is 1. The van der Waals surface area contributed by atoms with Gasteiger partial charge in [-0.2, -0.15) is 0 Å². The molecule has 6 heteroatoms. The molecule has 0 aliphatic carbocycles. The van der Waals surface area contributed by atoms with Gasteiger partial charge in [0.05, 0.1) is 12.2 Å². The van der Waals surface area contributed by atoms with Crippen LogP contribution >= 0.6 is 0 Å². The molecule has 0 aliphatic heterocycles. The van der Waals surface area contributed by atoms with Crippen molar-refractivity contribution in [3.05, 3.63) is 64.5 Å². The first-order valence-corrected chi connectivity index (χ1v) is 11.3. The van der Waals surface area contributed by atoms with Gasteiger partial charge in [0.15, 0.2) is 5.75 Å². The number of aromatic hydroxyl groups is 1. The number of carbonyl (C=O) groups excluding carboxylic acids is 1. The van der Waals surface area contributed by atoms with Crippen LogP contribution in [0, 0.1) is 0 Å². The molecular formula is C26H30O6. The fourth-order valence-corrected chi connectivity index (χ4v) is 3.55. The third-order valence-electron chi connectivity index (χ3n) is 5.27. The van der Waals surface area contributed by atoms with Gasteiger partial charge < -0.3 is 19.0 Å². The van der Waals surface area contributed by atoms with Gasteiger partial charge in [-0.3, -0.25) is 0 Å². The first kappa shape index (κ1) is 23.4. The van der Waals surface area contributed by atoms with Crippen LogP contribution in [0.4, 0.5) is 0 Å². The molecule has 0 amide bonds. The Bertz CT molecular complexity index is 1070. The molecule has 0 fully saturated rings. The SMILES string of the molecule is CCCCCCCCCCOc1c(OC(=O)c2ccccc2)c(=O)oc2cccc(O)c12. The van der Waals surface area contributed by atoms with Gasteiger partial charge in [-0.1, -0.05) is 76.1 Å². The van der Waals surface area contributed by atoms with E-state index in [9.17, 15) is 14.7 Å². The molecule has 3 rings (SSSR count). The van der Waals surface area contributed by atoms with Crippen molar-refractivity contribution in [3.63, 3.8) is 0 Å². The van der Waals surface area contributed by atoms with Crippen molar-refractivity contribution in [2.45, 2.75) is 58.3 Å². The molecule has 1 heterocycles. The largest absolute Gasteiger partial charge is 0.507 e. The summed E-state index contributed by atoms with van der Waals surface area (Å²) in [5.41, 5.74) is -0.378. The molecule has 6 nitrogen and oxygen atoms in total. The molecule has 0 radical (unpaired) electrons. The molecule has 170 valence electrons. The third kappa shape index (κ3) is 6.13. The van der Waals surface area contributed by atoms with E-state index < -0.39 is 11.6 Å². The molecule has 1 N–H and O–H groups in total. The predicted octanol–water partition coefficient (Wildman–Crippen LogP) is 6.24. The smallest absolute Gasteiger partial charge is 0.383 e. The lowest BCUT2D eigenvalue weighted by atomic mass is 10.1. The average molecular weight is 439 g/mol. The first-order valence-electron chi connectivity index (χ1n) is 11.3. The highest BCUT2D eigenvalue weighted by atomic mass is 16.6. The molecule has 0 spiro atoms. The van der Waals surface area contributed by atoms with Gasteiger partial charge in [-0.15, -0.1) is 0 Å². The number of unbranched alkanes of at least 4 members (excludes halogenated alkanes) is 7. The van der Waals surface area contributed by atoms with Gasteiger partial charge in [0.2, 0.25) is 0 Å². The highest BCUT2D eigenvalue weighted by molar-refractivity contribution is 5.95. The van der Waals surface area contributed by atoms with Crippen LogP contribution in [0.1, 0.15) is 68.6 Å². The van der Waals surface area contributed by atoms with Crippen molar-refractivity contribution < 1.29 is 23.8 Å². The fraction of sp³-hybridized carbons (Fsp3) is 0.385. The van der Waals surface area contributed by atoms with Crippen LogP contribution < -0.4 is 15.1 Å². The van der Waals surface area contributed by atoms with Crippen LogP contribution in [-0.2, 0) is 0 Å². The third-order valence-corrected chi connectivity index (χ3v) is 5.27. The highest BCUT2D eigenvalue weighted by Gasteiger charge is 2.23. The Morgan fingerprint density at radius 2 is 1.56 bits per heavy atom. The van der Waals surface area contributed by atoms with Crippen LogP contribution in [0.5, 0.6) is 17.2 Å². The lowest BCUT2D eigenvalue weighted by Gasteiger charge is -2.13. The van der Waals surface area contributed by atoms with Crippen LogP contribution in [0.3, 0.4) is 0 Å². The van der Waals surface area contributed by atoms with Crippen LogP contribution in [-0.4, -0.2) is 17.7 Å². The van der Waals surface area contributed by atoms with Crippen molar-refractivity contribution in [1.29, 1.82) is 0 Å². The Morgan fingerprint density at radius 1 is 0.875 bits per heavy atom. The number of benzene rings is 2. The van der Waals surface area contributed by atoms with Crippen LogP contribution in [0.2, 0.25) is 0 Å². The summed E-state index contributed by atoms with van der Waals surface area (Å²) >= 11 is 0. The second-order valence-corrected chi connectivity index (χ2v) is 7.78. The summed E-state index contributed by atoms with van der Waals surface area (Å²) in [6.45, 7) is 2.53. The lowest BCUT2D eigenvalue weighted by molar-refractivity contribution is 0.0721. The second kappa shape index (κ2) is 11.9.